The van der Waals surface area contributed by atoms with Gasteiger partial charge in [-0.15, -0.1) is 5.92 Å². The van der Waals surface area contributed by atoms with E-state index < -0.39 is 0 Å². The molecule has 4 heteroatoms. The number of nitrogens with one attached hydrogen (secondary N) is 1. The monoisotopic (exact) mass is 223 g/mol. The van der Waals surface area contributed by atoms with Crippen molar-refractivity contribution in [2.75, 3.05) is 11.9 Å². The molecule has 0 bridgehead atoms. The topological polar surface area (TPSA) is 37.8 Å². The van der Waals surface area contributed by atoms with Crippen molar-refractivity contribution in [2.45, 2.75) is 26.7 Å². The molecule has 15 heavy (non-hydrogen) atoms. The minimum atomic E-state index is 0.473. The normalized spacial score (nSPS) is 9.27. The number of nitrogens with zero attached hydrogens (tertiary/aromatic N) is 2. The molecule has 0 saturated heterocycles. The molecule has 0 aliphatic heterocycles. The van der Waals surface area contributed by atoms with Gasteiger partial charge in [0.25, 0.3) is 0 Å². The third-order valence-corrected chi connectivity index (χ3v) is 1.94. The zero-order valence-electron chi connectivity index (χ0n) is 8.97. The summed E-state index contributed by atoms with van der Waals surface area (Å²) in [5.74, 6) is 7.22. The summed E-state index contributed by atoms with van der Waals surface area (Å²) in [4.78, 5) is 8.45. The zero-order valence-corrected chi connectivity index (χ0v) is 9.73. The molecule has 0 radical (unpaired) electrons. The number of hydrogen-bond donors (Lipinski definition) is 1. The van der Waals surface area contributed by atoms with Crippen molar-refractivity contribution in [2.24, 2.45) is 0 Å². The lowest BCUT2D eigenvalue weighted by Crippen LogP contribution is -2.04. The second-order valence-corrected chi connectivity index (χ2v) is 3.41. The maximum atomic E-state index is 5.87. The highest BCUT2D eigenvalue weighted by molar-refractivity contribution is 6.29. The second kappa shape index (κ2) is 6.26. The molecule has 1 N–H and O–H groups in total. The Morgan fingerprint density at radius 1 is 1.47 bits per heavy atom. The maximum Gasteiger partial charge on any atom is 0.134 e. The number of aryl methyl sites for hydroxylation is 1. The van der Waals surface area contributed by atoms with Crippen molar-refractivity contribution in [3.05, 3.63) is 17.0 Å². The van der Waals surface area contributed by atoms with Gasteiger partial charge in [0, 0.05) is 12.5 Å². The first-order valence-electron chi connectivity index (χ1n) is 4.93. The van der Waals surface area contributed by atoms with Crippen LogP contribution in [0.1, 0.15) is 26.1 Å². The van der Waals surface area contributed by atoms with E-state index in [2.05, 4.69) is 34.0 Å². The molecular weight excluding hydrogens is 210 g/mol. The third kappa shape index (κ3) is 4.18. The van der Waals surface area contributed by atoms with Gasteiger partial charge < -0.3 is 5.32 Å². The first-order valence-corrected chi connectivity index (χ1v) is 5.31. The van der Waals surface area contributed by atoms with E-state index in [1.54, 1.807) is 13.0 Å². The fourth-order valence-electron chi connectivity index (χ4n) is 1.11. The number of rotatable bonds is 4. The van der Waals surface area contributed by atoms with Crippen LogP contribution in [0, 0.1) is 11.8 Å². The van der Waals surface area contributed by atoms with Crippen LogP contribution in [0.15, 0.2) is 6.07 Å². The molecule has 0 aliphatic carbocycles. The van der Waals surface area contributed by atoms with Gasteiger partial charge in [0.1, 0.15) is 16.8 Å². The molecule has 1 aromatic heterocycles. The fourth-order valence-corrected chi connectivity index (χ4v) is 1.31. The van der Waals surface area contributed by atoms with Gasteiger partial charge in [-0.1, -0.05) is 24.4 Å². The van der Waals surface area contributed by atoms with Crippen LogP contribution in [0.3, 0.4) is 0 Å². The van der Waals surface area contributed by atoms with E-state index in [0.717, 1.165) is 24.5 Å². The summed E-state index contributed by atoms with van der Waals surface area (Å²) in [7, 11) is 0. The highest BCUT2D eigenvalue weighted by Gasteiger charge is 2.01. The molecule has 1 rings (SSSR count). The molecule has 1 aromatic rings. The Bertz CT molecular complexity index is 379. The molecule has 0 fully saturated rings. The van der Waals surface area contributed by atoms with E-state index in [0.29, 0.717) is 11.7 Å². The van der Waals surface area contributed by atoms with Crippen LogP contribution < -0.4 is 5.32 Å². The van der Waals surface area contributed by atoms with Crippen LogP contribution >= 0.6 is 11.6 Å². The Morgan fingerprint density at radius 2 is 2.27 bits per heavy atom. The van der Waals surface area contributed by atoms with Gasteiger partial charge in [-0.05, 0) is 13.3 Å². The largest absolute Gasteiger partial charge is 0.359 e. The van der Waals surface area contributed by atoms with E-state index in [1.807, 2.05) is 0 Å². The third-order valence-electron chi connectivity index (χ3n) is 1.75. The lowest BCUT2D eigenvalue weighted by atomic mass is 10.3. The SMILES string of the molecule is CC#CCNc1cc(Cl)nc(CCC)n1. The average molecular weight is 224 g/mol. The summed E-state index contributed by atoms with van der Waals surface area (Å²) in [6.07, 6.45) is 1.85. The lowest BCUT2D eigenvalue weighted by Gasteiger charge is -2.04. The molecule has 0 aliphatic rings. The Kier molecular flexibility index (Phi) is 4.92. The number of anilines is 1. The first kappa shape index (κ1) is 11.8. The van der Waals surface area contributed by atoms with Gasteiger partial charge in [0.2, 0.25) is 0 Å². The molecule has 0 aromatic carbocycles. The quantitative estimate of drug-likeness (QED) is 0.630. The van der Waals surface area contributed by atoms with Crippen LogP contribution in [0.4, 0.5) is 5.82 Å². The van der Waals surface area contributed by atoms with Gasteiger partial charge in [-0.2, -0.15) is 0 Å². The maximum absolute atomic E-state index is 5.87. The molecule has 3 nitrogen and oxygen atoms in total. The Hall–Kier alpha value is -1.27. The summed E-state index contributed by atoms with van der Waals surface area (Å²) >= 11 is 5.87. The molecule has 0 saturated carbocycles. The molecule has 0 atom stereocenters. The average Bonchev–Trinajstić information content (AvgIpc) is 2.18. The highest BCUT2D eigenvalue weighted by atomic mass is 35.5. The van der Waals surface area contributed by atoms with Crippen LogP contribution in [0.5, 0.6) is 0 Å². The molecule has 0 unspecified atom stereocenters. The van der Waals surface area contributed by atoms with Gasteiger partial charge in [-0.25, -0.2) is 9.97 Å². The smallest absolute Gasteiger partial charge is 0.134 e. The molecule has 80 valence electrons. The van der Waals surface area contributed by atoms with Crippen LogP contribution in [-0.2, 0) is 6.42 Å². The van der Waals surface area contributed by atoms with Crippen LogP contribution in [-0.4, -0.2) is 16.5 Å². The van der Waals surface area contributed by atoms with Gasteiger partial charge in [-0.3, -0.25) is 0 Å². The summed E-state index contributed by atoms with van der Waals surface area (Å²) in [5, 5.41) is 3.55. The van der Waals surface area contributed by atoms with Gasteiger partial charge in [0.15, 0.2) is 0 Å². The summed E-state index contributed by atoms with van der Waals surface area (Å²) in [5.41, 5.74) is 0. The summed E-state index contributed by atoms with van der Waals surface area (Å²) < 4.78 is 0. The molecule has 0 amide bonds. The van der Waals surface area contributed by atoms with Crippen molar-refractivity contribution >= 4 is 17.4 Å². The van der Waals surface area contributed by atoms with Crippen molar-refractivity contribution in [1.82, 2.24) is 9.97 Å². The van der Waals surface area contributed by atoms with Crippen LogP contribution in [0.2, 0.25) is 5.15 Å². The second-order valence-electron chi connectivity index (χ2n) is 3.02. The Morgan fingerprint density at radius 3 is 2.93 bits per heavy atom. The summed E-state index contributed by atoms with van der Waals surface area (Å²) in [6.45, 7) is 4.46. The van der Waals surface area contributed by atoms with Gasteiger partial charge >= 0.3 is 0 Å². The molecule has 1 heterocycles. The first-order chi connectivity index (χ1) is 7.26. The lowest BCUT2D eigenvalue weighted by molar-refractivity contribution is 0.835. The van der Waals surface area contributed by atoms with E-state index in [1.165, 1.54) is 0 Å². The number of halogens is 1. The van der Waals surface area contributed by atoms with Crippen LogP contribution in [0.25, 0.3) is 0 Å². The predicted octanol–water partition coefficient (Wildman–Crippen LogP) is 2.52. The zero-order chi connectivity index (χ0) is 11.1. The minimum Gasteiger partial charge on any atom is -0.359 e. The van der Waals surface area contributed by atoms with E-state index >= 15 is 0 Å². The van der Waals surface area contributed by atoms with E-state index in [4.69, 9.17) is 11.6 Å². The van der Waals surface area contributed by atoms with Crippen molar-refractivity contribution in [3.63, 3.8) is 0 Å². The van der Waals surface area contributed by atoms with Crippen molar-refractivity contribution < 1.29 is 0 Å². The number of aromatic nitrogens is 2. The standard InChI is InChI=1S/C11H14ClN3/c1-3-5-7-13-11-8-9(12)14-10(15-11)6-4-2/h8H,4,6-7H2,1-2H3,(H,13,14,15). The van der Waals surface area contributed by atoms with Gasteiger partial charge in [0.05, 0.1) is 6.54 Å². The molecule has 0 spiro atoms. The summed E-state index contributed by atoms with van der Waals surface area (Å²) in [6, 6.07) is 1.71. The van der Waals surface area contributed by atoms with E-state index in [-0.39, 0.29) is 0 Å². The fraction of sp³-hybridized carbons (Fsp3) is 0.455. The Balaban J connectivity index is 2.72. The predicted molar refractivity (Wildman–Crippen MR) is 63.0 cm³/mol. The van der Waals surface area contributed by atoms with Crippen molar-refractivity contribution in [1.29, 1.82) is 0 Å². The Labute approximate surface area is 95.3 Å². The molecular formula is C11H14ClN3. The van der Waals surface area contributed by atoms with Crippen molar-refractivity contribution in [3.8, 4) is 11.8 Å². The highest BCUT2D eigenvalue weighted by Crippen LogP contribution is 2.12. The van der Waals surface area contributed by atoms with E-state index in [9.17, 15) is 0 Å². The minimum absolute atomic E-state index is 0.473. The number of hydrogen-bond acceptors (Lipinski definition) is 3.